The van der Waals surface area contributed by atoms with Crippen molar-refractivity contribution < 1.29 is 14.5 Å². The maximum atomic E-state index is 12.3. The topological polar surface area (TPSA) is 94.4 Å². The summed E-state index contributed by atoms with van der Waals surface area (Å²) in [4.78, 5) is 26.8. The van der Waals surface area contributed by atoms with E-state index in [1.165, 1.54) is 37.1 Å². The van der Waals surface area contributed by atoms with E-state index in [1.807, 2.05) is 0 Å². The van der Waals surface area contributed by atoms with Crippen LogP contribution in [0.15, 0.2) is 41.6 Å². The van der Waals surface area contributed by atoms with Crippen LogP contribution in [0, 0.1) is 10.1 Å². The van der Waals surface area contributed by atoms with Crippen LogP contribution in [-0.2, 0) is 4.79 Å². The molecule has 1 aromatic carbocycles. The van der Waals surface area contributed by atoms with E-state index in [1.54, 1.807) is 25.3 Å². The third-order valence-corrected chi connectivity index (χ3v) is 4.57. The van der Waals surface area contributed by atoms with Crippen molar-refractivity contribution in [3.05, 3.63) is 51.7 Å². The number of halogens is 1. The predicted octanol–water partition coefficient (Wildman–Crippen LogP) is 3.77. The van der Waals surface area contributed by atoms with Gasteiger partial charge in [-0.1, -0.05) is 23.4 Å². The number of methoxy groups -OCH3 is 1. The molecule has 1 N–H and O–H groups in total. The van der Waals surface area contributed by atoms with Crippen LogP contribution in [0.4, 0.5) is 11.4 Å². The normalized spacial score (nSPS) is 11.6. The van der Waals surface area contributed by atoms with Gasteiger partial charge < -0.3 is 10.1 Å². The van der Waals surface area contributed by atoms with Crippen molar-refractivity contribution in [2.45, 2.75) is 17.2 Å². The van der Waals surface area contributed by atoms with Crippen molar-refractivity contribution in [2.24, 2.45) is 0 Å². The Morgan fingerprint density at radius 3 is 2.83 bits per heavy atom. The summed E-state index contributed by atoms with van der Waals surface area (Å²) >= 11 is 7.22. The van der Waals surface area contributed by atoms with Crippen LogP contribution in [0.1, 0.15) is 6.92 Å². The summed E-state index contributed by atoms with van der Waals surface area (Å²) in [6.07, 6.45) is 1.59. The van der Waals surface area contributed by atoms with Gasteiger partial charge in [0.05, 0.1) is 28.0 Å². The summed E-state index contributed by atoms with van der Waals surface area (Å²) in [6, 6.07) is 7.37. The number of non-ortho nitro benzene ring substituents is 1. The Balaban J connectivity index is 2.15. The lowest BCUT2D eigenvalue weighted by atomic mass is 10.2. The summed E-state index contributed by atoms with van der Waals surface area (Å²) in [5.74, 6) is -0.0115. The Hall–Kier alpha value is -2.32. The number of ether oxygens (including phenoxy) is 1. The lowest BCUT2D eigenvalue weighted by molar-refractivity contribution is -0.384. The zero-order valence-corrected chi connectivity index (χ0v) is 14.4. The number of pyridine rings is 1. The van der Waals surface area contributed by atoms with E-state index in [-0.39, 0.29) is 17.3 Å². The number of nitro groups is 1. The second-order valence-corrected chi connectivity index (χ2v) is 6.42. The minimum absolute atomic E-state index is 0.140. The lowest BCUT2D eigenvalue weighted by Crippen LogP contribution is -2.23. The fourth-order valence-corrected chi connectivity index (χ4v) is 2.88. The fraction of sp³-hybridized carbons (Fsp3) is 0.200. The number of rotatable bonds is 6. The van der Waals surface area contributed by atoms with Crippen LogP contribution in [-0.4, -0.2) is 28.2 Å². The molecule has 1 heterocycles. The van der Waals surface area contributed by atoms with Gasteiger partial charge in [0.25, 0.3) is 5.69 Å². The molecule has 0 bridgehead atoms. The van der Waals surface area contributed by atoms with E-state index >= 15 is 0 Å². The Bertz CT molecular complexity index is 772. The van der Waals surface area contributed by atoms with Crippen molar-refractivity contribution in [1.82, 2.24) is 4.98 Å². The van der Waals surface area contributed by atoms with Gasteiger partial charge in [-0.15, -0.1) is 0 Å². The number of carbonyl (C=O) groups is 1. The maximum Gasteiger partial charge on any atom is 0.271 e. The van der Waals surface area contributed by atoms with Crippen LogP contribution in [0.5, 0.6) is 5.75 Å². The Morgan fingerprint density at radius 2 is 2.21 bits per heavy atom. The summed E-state index contributed by atoms with van der Waals surface area (Å²) in [6.45, 7) is 1.69. The molecule has 0 saturated heterocycles. The molecular weight excluding hydrogens is 354 g/mol. The molecule has 0 aliphatic rings. The van der Waals surface area contributed by atoms with Crippen molar-refractivity contribution in [2.75, 3.05) is 12.4 Å². The van der Waals surface area contributed by atoms with E-state index < -0.39 is 10.2 Å². The second kappa shape index (κ2) is 7.98. The molecule has 7 nitrogen and oxygen atoms in total. The Labute approximate surface area is 147 Å². The molecule has 1 amide bonds. The number of nitrogens with one attached hydrogen (secondary N) is 1. The van der Waals surface area contributed by atoms with Crippen LogP contribution >= 0.6 is 23.4 Å². The van der Waals surface area contributed by atoms with Gasteiger partial charge in [0.15, 0.2) is 0 Å². The standard InChI is InChI=1S/C15H14ClN3O4S/c1-9(24-15-11(16)4-3-7-17-15)14(20)18-12-8-10(19(21)22)5-6-13(12)23-2/h3-9H,1-2H3,(H,18,20). The molecule has 0 saturated carbocycles. The first-order valence-corrected chi connectivity index (χ1v) is 8.08. The average molecular weight is 368 g/mol. The first-order chi connectivity index (χ1) is 11.4. The monoisotopic (exact) mass is 367 g/mol. The van der Waals surface area contributed by atoms with Gasteiger partial charge in [-0.25, -0.2) is 4.98 Å². The number of amides is 1. The highest BCUT2D eigenvalue weighted by atomic mass is 35.5. The number of nitro benzene ring substituents is 1. The number of hydrogen-bond acceptors (Lipinski definition) is 6. The second-order valence-electron chi connectivity index (χ2n) is 4.68. The van der Waals surface area contributed by atoms with Gasteiger partial charge in [0.1, 0.15) is 10.8 Å². The lowest BCUT2D eigenvalue weighted by Gasteiger charge is -2.14. The summed E-state index contributed by atoms with van der Waals surface area (Å²) in [5.41, 5.74) is 0.0930. The SMILES string of the molecule is COc1ccc([N+](=O)[O-])cc1NC(=O)C(C)Sc1ncccc1Cl. The number of hydrogen-bond donors (Lipinski definition) is 1. The maximum absolute atomic E-state index is 12.3. The quantitative estimate of drug-likeness (QED) is 0.474. The molecule has 24 heavy (non-hydrogen) atoms. The first-order valence-electron chi connectivity index (χ1n) is 6.83. The third-order valence-electron chi connectivity index (χ3n) is 3.03. The number of thioether (sulfide) groups is 1. The zero-order valence-electron chi connectivity index (χ0n) is 12.9. The zero-order chi connectivity index (χ0) is 17.7. The van der Waals surface area contributed by atoms with E-state index in [9.17, 15) is 14.9 Å². The smallest absolute Gasteiger partial charge is 0.271 e. The van der Waals surface area contributed by atoms with E-state index in [4.69, 9.17) is 16.3 Å². The largest absolute Gasteiger partial charge is 0.495 e. The predicted molar refractivity (Wildman–Crippen MR) is 92.8 cm³/mol. The first kappa shape index (κ1) is 18.0. The van der Waals surface area contributed by atoms with E-state index in [2.05, 4.69) is 10.3 Å². The highest BCUT2D eigenvalue weighted by Gasteiger charge is 2.20. The van der Waals surface area contributed by atoms with Gasteiger partial charge in [-0.3, -0.25) is 14.9 Å². The molecule has 2 aromatic rings. The summed E-state index contributed by atoms with van der Waals surface area (Å²) in [7, 11) is 1.42. The van der Waals surface area contributed by atoms with Crippen LogP contribution in [0.25, 0.3) is 0 Å². The highest BCUT2D eigenvalue weighted by molar-refractivity contribution is 8.00. The molecule has 2 rings (SSSR count). The van der Waals surface area contributed by atoms with Crippen LogP contribution in [0.2, 0.25) is 5.02 Å². The van der Waals surface area contributed by atoms with E-state index in [0.717, 1.165) is 0 Å². The van der Waals surface area contributed by atoms with Gasteiger partial charge in [0, 0.05) is 18.3 Å². The summed E-state index contributed by atoms with van der Waals surface area (Å²) < 4.78 is 5.12. The molecule has 1 unspecified atom stereocenters. The van der Waals surface area contributed by atoms with Crippen molar-refractivity contribution in [3.8, 4) is 5.75 Å². The minimum atomic E-state index is -0.541. The van der Waals surface area contributed by atoms with E-state index in [0.29, 0.717) is 15.8 Å². The fourth-order valence-electron chi connectivity index (χ4n) is 1.82. The van der Waals surface area contributed by atoms with Crippen molar-refractivity contribution in [1.29, 1.82) is 0 Å². The molecule has 9 heteroatoms. The number of carbonyl (C=O) groups excluding carboxylic acids is 1. The van der Waals surface area contributed by atoms with Gasteiger partial charge in [-0.2, -0.15) is 0 Å². The molecule has 0 aliphatic heterocycles. The molecule has 0 aliphatic carbocycles. The van der Waals surface area contributed by atoms with Gasteiger partial charge >= 0.3 is 0 Å². The number of anilines is 1. The third kappa shape index (κ3) is 4.36. The molecule has 0 radical (unpaired) electrons. The molecule has 126 valence electrons. The van der Waals surface area contributed by atoms with Crippen LogP contribution in [0.3, 0.4) is 0 Å². The van der Waals surface area contributed by atoms with Crippen molar-refractivity contribution >= 4 is 40.6 Å². The molecule has 0 fully saturated rings. The summed E-state index contributed by atoms with van der Waals surface area (Å²) in [5, 5.41) is 14.0. The molecule has 0 spiro atoms. The highest BCUT2D eigenvalue weighted by Crippen LogP contribution is 2.31. The Morgan fingerprint density at radius 1 is 1.46 bits per heavy atom. The van der Waals surface area contributed by atoms with Gasteiger partial charge in [-0.05, 0) is 25.1 Å². The van der Waals surface area contributed by atoms with Crippen molar-refractivity contribution in [3.63, 3.8) is 0 Å². The molecule has 1 atom stereocenters. The number of aromatic nitrogens is 1. The average Bonchev–Trinajstić information content (AvgIpc) is 2.56. The number of benzene rings is 1. The number of nitrogens with zero attached hydrogens (tertiary/aromatic N) is 2. The Kier molecular flexibility index (Phi) is 5.99. The minimum Gasteiger partial charge on any atom is -0.495 e. The molecular formula is C15H14ClN3O4S. The molecule has 1 aromatic heterocycles. The van der Waals surface area contributed by atoms with Gasteiger partial charge in [0.2, 0.25) is 5.91 Å². The van der Waals surface area contributed by atoms with Crippen LogP contribution < -0.4 is 10.1 Å².